The second-order valence-corrected chi connectivity index (χ2v) is 8.72. The average molecular weight is 391 g/mol. The van der Waals surface area contributed by atoms with Crippen LogP contribution >= 0.6 is 11.3 Å². The Hall–Kier alpha value is -2.42. The molecule has 0 aliphatic carbocycles. The third-order valence-corrected chi connectivity index (χ3v) is 5.21. The van der Waals surface area contributed by atoms with E-state index in [1.165, 1.54) is 22.2 Å². The van der Waals surface area contributed by atoms with Crippen LogP contribution in [0.2, 0.25) is 0 Å². The minimum atomic E-state index is -0.271. The molecular weight excluding hydrogens is 366 g/mol. The van der Waals surface area contributed by atoms with Crippen LogP contribution in [-0.2, 0) is 11.3 Å². The van der Waals surface area contributed by atoms with Crippen LogP contribution < -0.4 is 16.2 Å². The van der Waals surface area contributed by atoms with Gasteiger partial charge in [0.15, 0.2) is 0 Å². The van der Waals surface area contributed by atoms with Crippen molar-refractivity contribution >= 4 is 33.5 Å². The monoisotopic (exact) mass is 391 g/mol. The zero-order valence-corrected chi connectivity index (χ0v) is 16.6. The van der Waals surface area contributed by atoms with E-state index >= 15 is 0 Å². The van der Waals surface area contributed by atoms with Crippen molar-refractivity contribution in [2.24, 2.45) is 0 Å². The summed E-state index contributed by atoms with van der Waals surface area (Å²) in [6.07, 6.45) is 2.81. The molecule has 1 aliphatic rings. The Kier molecular flexibility index (Phi) is 5.50. The van der Waals surface area contributed by atoms with E-state index in [-0.39, 0.29) is 35.6 Å². The van der Waals surface area contributed by atoms with Gasteiger partial charge < -0.3 is 15.5 Å². The maximum Gasteiger partial charge on any atom is 0.317 e. The van der Waals surface area contributed by atoms with Crippen LogP contribution in [0.25, 0.3) is 10.2 Å². The molecule has 2 N–H and O–H groups in total. The van der Waals surface area contributed by atoms with Crippen LogP contribution in [-0.4, -0.2) is 51.1 Å². The standard InChI is InChI=1S/C18H25N5O3S/c1-18(2,3)21-17(26)22-7-4-12(5-8-22)20-14(24)10-23-11-19-15-13(16(23)25)6-9-27-15/h6,9,11-12H,4-5,7-8,10H2,1-3H3,(H,20,24)(H,21,26). The van der Waals surface area contributed by atoms with E-state index in [9.17, 15) is 14.4 Å². The predicted octanol–water partition coefficient (Wildman–Crippen LogP) is 1.55. The first-order chi connectivity index (χ1) is 12.7. The summed E-state index contributed by atoms with van der Waals surface area (Å²) in [7, 11) is 0. The molecule has 0 radical (unpaired) electrons. The predicted molar refractivity (Wildman–Crippen MR) is 105 cm³/mol. The van der Waals surface area contributed by atoms with Gasteiger partial charge in [0.1, 0.15) is 11.4 Å². The van der Waals surface area contributed by atoms with Gasteiger partial charge in [0.25, 0.3) is 5.56 Å². The number of piperidine rings is 1. The molecule has 3 amide bonds. The number of amides is 3. The maximum atomic E-state index is 12.3. The number of hydrogen-bond donors (Lipinski definition) is 2. The van der Waals surface area contributed by atoms with E-state index in [1.807, 2.05) is 26.2 Å². The summed E-state index contributed by atoms with van der Waals surface area (Å²) in [5.41, 5.74) is -0.474. The zero-order valence-electron chi connectivity index (χ0n) is 15.8. The van der Waals surface area contributed by atoms with Crippen LogP contribution in [0.1, 0.15) is 33.6 Å². The smallest absolute Gasteiger partial charge is 0.317 e. The SMILES string of the molecule is CC(C)(C)NC(=O)N1CCC(NC(=O)Cn2cnc3sccc3c2=O)CC1. The highest BCUT2D eigenvalue weighted by Gasteiger charge is 2.26. The molecule has 0 saturated carbocycles. The summed E-state index contributed by atoms with van der Waals surface area (Å²) >= 11 is 1.40. The molecule has 27 heavy (non-hydrogen) atoms. The van der Waals surface area contributed by atoms with Gasteiger partial charge in [0.05, 0.1) is 11.7 Å². The van der Waals surface area contributed by atoms with Gasteiger partial charge in [-0.15, -0.1) is 11.3 Å². The molecule has 0 bridgehead atoms. The first kappa shape index (κ1) is 19.3. The Bertz CT molecular complexity index is 890. The molecule has 1 saturated heterocycles. The molecule has 3 heterocycles. The number of fused-ring (bicyclic) bond motifs is 1. The number of urea groups is 1. The number of rotatable bonds is 3. The van der Waals surface area contributed by atoms with E-state index in [0.717, 1.165) is 0 Å². The third-order valence-electron chi connectivity index (χ3n) is 4.39. The molecule has 146 valence electrons. The second kappa shape index (κ2) is 7.67. The topological polar surface area (TPSA) is 96.3 Å². The van der Waals surface area contributed by atoms with Crippen molar-refractivity contribution in [1.82, 2.24) is 25.1 Å². The van der Waals surface area contributed by atoms with E-state index in [4.69, 9.17) is 0 Å². The fourth-order valence-electron chi connectivity index (χ4n) is 3.06. The Morgan fingerprint density at radius 1 is 1.30 bits per heavy atom. The first-order valence-corrected chi connectivity index (χ1v) is 9.90. The Balaban J connectivity index is 1.51. The van der Waals surface area contributed by atoms with Gasteiger partial charge in [-0.2, -0.15) is 0 Å². The molecule has 2 aromatic rings. The quantitative estimate of drug-likeness (QED) is 0.830. The summed E-state index contributed by atoms with van der Waals surface area (Å²) < 4.78 is 1.33. The first-order valence-electron chi connectivity index (χ1n) is 9.02. The number of hydrogen-bond acceptors (Lipinski definition) is 5. The summed E-state index contributed by atoms with van der Waals surface area (Å²) in [5, 5.41) is 8.26. The van der Waals surface area contributed by atoms with E-state index in [2.05, 4.69) is 15.6 Å². The molecule has 0 aromatic carbocycles. The highest BCUT2D eigenvalue weighted by Crippen LogP contribution is 2.14. The van der Waals surface area contributed by atoms with Crippen molar-refractivity contribution in [3.8, 4) is 0 Å². The molecule has 1 fully saturated rings. The molecule has 8 nitrogen and oxygen atoms in total. The number of aromatic nitrogens is 2. The van der Waals surface area contributed by atoms with Crippen molar-refractivity contribution in [3.05, 3.63) is 28.1 Å². The van der Waals surface area contributed by atoms with Gasteiger partial charge in [-0.1, -0.05) is 0 Å². The van der Waals surface area contributed by atoms with Crippen molar-refractivity contribution in [3.63, 3.8) is 0 Å². The minimum absolute atomic E-state index is 0.00438. The van der Waals surface area contributed by atoms with Crippen molar-refractivity contribution in [2.45, 2.75) is 51.7 Å². The van der Waals surface area contributed by atoms with E-state index in [1.54, 1.807) is 11.0 Å². The van der Waals surface area contributed by atoms with E-state index in [0.29, 0.717) is 36.1 Å². The van der Waals surface area contributed by atoms with Gasteiger partial charge in [-0.3, -0.25) is 14.2 Å². The van der Waals surface area contributed by atoms with Crippen molar-refractivity contribution in [2.75, 3.05) is 13.1 Å². The fraction of sp³-hybridized carbons (Fsp3) is 0.556. The lowest BCUT2D eigenvalue weighted by atomic mass is 10.0. The molecule has 1 aliphatic heterocycles. The van der Waals surface area contributed by atoms with Crippen LogP contribution in [0.3, 0.4) is 0 Å². The van der Waals surface area contributed by atoms with Crippen LogP contribution in [0.4, 0.5) is 4.79 Å². The number of carbonyl (C=O) groups excluding carboxylic acids is 2. The summed E-state index contributed by atoms with van der Waals surface area (Å²) in [6.45, 7) is 6.97. The maximum absolute atomic E-state index is 12.3. The lowest BCUT2D eigenvalue weighted by molar-refractivity contribution is -0.122. The number of nitrogens with zero attached hydrogens (tertiary/aromatic N) is 3. The van der Waals surface area contributed by atoms with Gasteiger partial charge in [0, 0.05) is 24.7 Å². The molecule has 3 rings (SSSR count). The van der Waals surface area contributed by atoms with E-state index < -0.39 is 0 Å². The molecular formula is C18H25N5O3S. The molecule has 9 heteroatoms. The zero-order chi connectivity index (χ0) is 19.6. The summed E-state index contributed by atoms with van der Waals surface area (Å²) in [4.78, 5) is 43.5. The Labute approximate surface area is 161 Å². The van der Waals surface area contributed by atoms with Crippen molar-refractivity contribution < 1.29 is 9.59 Å². The molecule has 0 unspecified atom stereocenters. The normalized spacial score (nSPS) is 15.7. The second-order valence-electron chi connectivity index (χ2n) is 7.83. The Morgan fingerprint density at radius 3 is 2.67 bits per heavy atom. The Morgan fingerprint density at radius 2 is 2.00 bits per heavy atom. The third kappa shape index (κ3) is 4.85. The van der Waals surface area contributed by atoms with Crippen molar-refractivity contribution in [1.29, 1.82) is 0 Å². The largest absolute Gasteiger partial charge is 0.352 e. The van der Waals surface area contributed by atoms with Gasteiger partial charge >= 0.3 is 6.03 Å². The van der Waals surface area contributed by atoms with Crippen LogP contribution in [0.5, 0.6) is 0 Å². The molecule has 2 aromatic heterocycles. The fourth-order valence-corrected chi connectivity index (χ4v) is 3.78. The lowest BCUT2D eigenvalue weighted by Gasteiger charge is -2.34. The number of carbonyl (C=O) groups is 2. The van der Waals surface area contributed by atoms with Gasteiger partial charge in [-0.05, 0) is 45.1 Å². The number of nitrogens with one attached hydrogen (secondary N) is 2. The van der Waals surface area contributed by atoms with Crippen LogP contribution in [0.15, 0.2) is 22.6 Å². The number of likely N-dealkylation sites (tertiary alicyclic amines) is 1. The van der Waals surface area contributed by atoms with Gasteiger partial charge in [0.2, 0.25) is 5.91 Å². The summed E-state index contributed by atoms with van der Waals surface area (Å²) in [6, 6.07) is 1.65. The lowest BCUT2D eigenvalue weighted by Crippen LogP contribution is -2.53. The molecule has 0 atom stereocenters. The number of thiophene rings is 1. The highest BCUT2D eigenvalue weighted by atomic mass is 32.1. The van der Waals surface area contributed by atoms with Crippen LogP contribution in [0, 0.1) is 0 Å². The minimum Gasteiger partial charge on any atom is -0.352 e. The highest BCUT2D eigenvalue weighted by molar-refractivity contribution is 7.16. The molecule has 0 spiro atoms. The van der Waals surface area contributed by atoms with Gasteiger partial charge in [-0.25, -0.2) is 9.78 Å². The summed E-state index contributed by atoms with van der Waals surface area (Å²) in [5.74, 6) is -0.217. The average Bonchev–Trinajstić information content (AvgIpc) is 3.06.